The highest BCUT2D eigenvalue weighted by atomic mass is 35.5. The Bertz CT molecular complexity index is 630. The van der Waals surface area contributed by atoms with Gasteiger partial charge < -0.3 is 0 Å². The largest absolute Gasteiger partial charge is 0.221 e. The maximum atomic E-state index is 9.21. The molecule has 0 spiro atoms. The van der Waals surface area contributed by atoms with Crippen LogP contribution in [-0.4, -0.2) is 9.78 Å². The van der Waals surface area contributed by atoms with Gasteiger partial charge in [-0.05, 0) is 43.5 Å². The summed E-state index contributed by atoms with van der Waals surface area (Å²) in [6.07, 6.45) is 1.70. The summed E-state index contributed by atoms with van der Waals surface area (Å²) in [4.78, 5) is 0. The van der Waals surface area contributed by atoms with Crippen LogP contribution in [0.25, 0.3) is 5.69 Å². The average molecular weight is 274 g/mol. The zero-order valence-electron chi connectivity index (χ0n) is 11.4. The number of hydrogen-bond acceptors (Lipinski definition) is 2. The second-order valence-electron chi connectivity index (χ2n) is 4.73. The second-order valence-corrected chi connectivity index (χ2v) is 5.09. The molecular formula is C15H16ClN3. The third-order valence-corrected chi connectivity index (χ3v) is 3.30. The quantitative estimate of drug-likeness (QED) is 0.849. The number of aromatic nitrogens is 2. The van der Waals surface area contributed by atoms with Gasteiger partial charge in [-0.2, -0.15) is 10.4 Å². The summed E-state index contributed by atoms with van der Waals surface area (Å²) >= 11 is 6.28. The number of halogens is 1. The Morgan fingerprint density at radius 1 is 1.26 bits per heavy atom. The molecular weight excluding hydrogens is 258 g/mol. The average Bonchev–Trinajstić information content (AvgIpc) is 2.65. The molecule has 0 aliphatic rings. The van der Waals surface area contributed by atoms with Gasteiger partial charge in [0, 0.05) is 0 Å². The van der Waals surface area contributed by atoms with E-state index in [0.717, 1.165) is 35.3 Å². The summed E-state index contributed by atoms with van der Waals surface area (Å²) in [6.45, 7) is 6.13. The Hall–Kier alpha value is -1.79. The highest BCUT2D eigenvalue weighted by molar-refractivity contribution is 6.31. The van der Waals surface area contributed by atoms with E-state index in [9.17, 15) is 5.26 Å². The van der Waals surface area contributed by atoms with Crippen LogP contribution in [0.2, 0.25) is 5.15 Å². The lowest BCUT2D eigenvalue weighted by Crippen LogP contribution is -1.98. The Labute approximate surface area is 118 Å². The van der Waals surface area contributed by atoms with Crippen molar-refractivity contribution < 1.29 is 0 Å². The van der Waals surface area contributed by atoms with Gasteiger partial charge in [-0.15, -0.1) is 0 Å². The molecule has 1 heterocycles. The van der Waals surface area contributed by atoms with Crippen molar-refractivity contribution in [1.82, 2.24) is 9.78 Å². The molecule has 0 unspecified atom stereocenters. The first-order valence-electron chi connectivity index (χ1n) is 6.33. The van der Waals surface area contributed by atoms with Crippen LogP contribution in [0.15, 0.2) is 18.2 Å². The first-order chi connectivity index (χ1) is 9.06. The molecule has 4 heteroatoms. The summed E-state index contributed by atoms with van der Waals surface area (Å²) < 4.78 is 1.66. The summed E-state index contributed by atoms with van der Waals surface area (Å²) in [6, 6.07) is 8.28. The number of aryl methyl sites for hydroxylation is 3. The van der Waals surface area contributed by atoms with Gasteiger partial charge in [-0.25, -0.2) is 4.68 Å². The predicted octanol–water partition coefficient (Wildman–Crippen LogP) is 3.97. The fourth-order valence-corrected chi connectivity index (χ4v) is 2.49. The van der Waals surface area contributed by atoms with Crippen molar-refractivity contribution in [1.29, 1.82) is 5.26 Å². The zero-order valence-corrected chi connectivity index (χ0v) is 12.1. The van der Waals surface area contributed by atoms with Crippen LogP contribution in [0.3, 0.4) is 0 Å². The van der Waals surface area contributed by atoms with Crippen molar-refractivity contribution in [3.63, 3.8) is 0 Å². The minimum absolute atomic E-state index is 0.399. The fraction of sp³-hybridized carbons (Fsp3) is 0.333. The number of nitriles is 1. The molecule has 19 heavy (non-hydrogen) atoms. The molecule has 1 aromatic heterocycles. The molecule has 0 saturated heterocycles. The minimum atomic E-state index is 0.399. The molecule has 0 radical (unpaired) electrons. The Morgan fingerprint density at radius 2 is 1.89 bits per heavy atom. The van der Waals surface area contributed by atoms with Crippen molar-refractivity contribution in [2.45, 2.75) is 33.6 Å². The van der Waals surface area contributed by atoms with Gasteiger partial charge in [0.2, 0.25) is 0 Å². The van der Waals surface area contributed by atoms with Crippen LogP contribution in [0, 0.1) is 25.2 Å². The molecule has 0 aliphatic carbocycles. The fourth-order valence-electron chi connectivity index (χ4n) is 2.21. The van der Waals surface area contributed by atoms with Crippen LogP contribution in [0.4, 0.5) is 0 Å². The third-order valence-electron chi connectivity index (χ3n) is 2.95. The van der Waals surface area contributed by atoms with Crippen molar-refractivity contribution in [3.8, 4) is 11.8 Å². The standard InChI is InChI=1S/C15H16ClN3/c1-4-5-14-13(9-17)15(16)19(18-14)12-7-10(2)6-11(3)8-12/h6-8H,4-5H2,1-3H3. The Kier molecular flexibility index (Phi) is 3.92. The van der Waals surface area contributed by atoms with Crippen LogP contribution < -0.4 is 0 Å². The highest BCUT2D eigenvalue weighted by Crippen LogP contribution is 2.25. The van der Waals surface area contributed by atoms with E-state index < -0.39 is 0 Å². The van der Waals surface area contributed by atoms with Crippen molar-refractivity contribution >= 4 is 11.6 Å². The van der Waals surface area contributed by atoms with Gasteiger partial charge in [-0.1, -0.05) is 31.0 Å². The lowest BCUT2D eigenvalue weighted by atomic mass is 10.1. The molecule has 0 atom stereocenters. The normalized spacial score (nSPS) is 10.5. The van der Waals surface area contributed by atoms with Crippen molar-refractivity contribution in [3.05, 3.63) is 45.7 Å². The molecule has 0 saturated carbocycles. The molecule has 3 nitrogen and oxygen atoms in total. The highest BCUT2D eigenvalue weighted by Gasteiger charge is 2.16. The Balaban J connectivity index is 2.59. The third kappa shape index (κ3) is 2.64. The van der Waals surface area contributed by atoms with Crippen molar-refractivity contribution in [2.75, 3.05) is 0 Å². The first-order valence-corrected chi connectivity index (χ1v) is 6.70. The molecule has 0 aliphatic heterocycles. The second kappa shape index (κ2) is 5.46. The van der Waals surface area contributed by atoms with E-state index in [-0.39, 0.29) is 0 Å². The summed E-state index contributed by atoms with van der Waals surface area (Å²) in [5, 5.41) is 14.1. The van der Waals surface area contributed by atoms with Crippen LogP contribution >= 0.6 is 11.6 Å². The lowest BCUT2D eigenvalue weighted by Gasteiger charge is -2.06. The topological polar surface area (TPSA) is 41.6 Å². The number of hydrogen-bond donors (Lipinski definition) is 0. The van der Waals surface area contributed by atoms with Gasteiger partial charge in [0.25, 0.3) is 0 Å². The van der Waals surface area contributed by atoms with Crippen molar-refractivity contribution in [2.24, 2.45) is 0 Å². The number of benzene rings is 1. The van der Waals surface area contributed by atoms with Gasteiger partial charge in [0.1, 0.15) is 11.6 Å². The van der Waals surface area contributed by atoms with E-state index in [4.69, 9.17) is 11.6 Å². The van der Waals surface area contributed by atoms with Gasteiger partial charge in [0.15, 0.2) is 5.15 Å². The summed E-state index contributed by atoms with van der Waals surface area (Å²) in [7, 11) is 0. The van der Waals surface area contributed by atoms with E-state index in [1.165, 1.54) is 0 Å². The van der Waals surface area contributed by atoms with Gasteiger partial charge >= 0.3 is 0 Å². The van der Waals surface area contributed by atoms with Gasteiger partial charge in [0.05, 0.1) is 11.4 Å². The zero-order chi connectivity index (χ0) is 14.0. The first kappa shape index (κ1) is 13.6. The monoisotopic (exact) mass is 273 g/mol. The minimum Gasteiger partial charge on any atom is -0.221 e. The van der Waals surface area contributed by atoms with Crippen LogP contribution in [0.1, 0.15) is 35.7 Å². The van der Waals surface area contributed by atoms with Crippen LogP contribution in [-0.2, 0) is 6.42 Å². The van der Waals surface area contributed by atoms with E-state index in [1.807, 2.05) is 26.0 Å². The van der Waals surface area contributed by atoms with Crippen LogP contribution in [0.5, 0.6) is 0 Å². The summed E-state index contributed by atoms with van der Waals surface area (Å²) in [5.74, 6) is 0. The van der Waals surface area contributed by atoms with E-state index >= 15 is 0 Å². The molecule has 2 aromatic rings. The smallest absolute Gasteiger partial charge is 0.150 e. The number of nitrogens with zero attached hydrogens (tertiary/aromatic N) is 3. The summed E-state index contributed by atoms with van der Waals surface area (Å²) in [5.41, 5.74) is 4.47. The molecule has 0 amide bonds. The maximum absolute atomic E-state index is 9.21. The number of rotatable bonds is 3. The maximum Gasteiger partial charge on any atom is 0.150 e. The van der Waals surface area contributed by atoms with E-state index in [1.54, 1.807) is 4.68 Å². The molecule has 0 N–H and O–H groups in total. The Morgan fingerprint density at radius 3 is 2.42 bits per heavy atom. The molecule has 1 aromatic carbocycles. The molecule has 0 fully saturated rings. The predicted molar refractivity (Wildman–Crippen MR) is 76.8 cm³/mol. The van der Waals surface area contributed by atoms with Gasteiger partial charge in [-0.3, -0.25) is 0 Å². The SMILES string of the molecule is CCCc1nn(-c2cc(C)cc(C)c2)c(Cl)c1C#N. The van der Waals surface area contributed by atoms with E-state index in [2.05, 4.69) is 24.2 Å². The molecule has 0 bridgehead atoms. The lowest BCUT2D eigenvalue weighted by molar-refractivity contribution is 0.805. The van der Waals surface area contributed by atoms with E-state index in [0.29, 0.717) is 10.7 Å². The molecule has 2 rings (SSSR count). The molecule has 98 valence electrons.